The van der Waals surface area contributed by atoms with E-state index in [9.17, 15) is 4.79 Å². The quantitative estimate of drug-likeness (QED) is 0.785. The predicted octanol–water partition coefficient (Wildman–Crippen LogP) is 3.34. The molecular weight excluding hydrogens is 312 g/mol. The van der Waals surface area contributed by atoms with Crippen molar-refractivity contribution in [3.05, 3.63) is 18.4 Å². The van der Waals surface area contributed by atoms with E-state index in [0.717, 1.165) is 11.6 Å². The minimum atomic E-state index is -0.250. The molecule has 1 amide bonds. The first kappa shape index (κ1) is 17.6. The zero-order valence-electron chi connectivity index (χ0n) is 14.3. The Bertz CT molecular complexity index is 649. The number of hydrogen-bond donors (Lipinski definition) is 1. The van der Waals surface area contributed by atoms with Gasteiger partial charge in [-0.2, -0.15) is 0 Å². The Labute approximate surface area is 141 Å². The molecule has 126 valence electrons. The summed E-state index contributed by atoms with van der Waals surface area (Å²) in [6.07, 6.45) is 2.49. The van der Waals surface area contributed by atoms with Crippen LogP contribution in [0, 0.1) is 0 Å². The highest BCUT2D eigenvalue weighted by Gasteiger charge is 2.25. The van der Waals surface area contributed by atoms with Crippen LogP contribution in [0.15, 0.2) is 28.0 Å². The van der Waals surface area contributed by atoms with Crippen molar-refractivity contribution < 1.29 is 9.21 Å². The minimum absolute atomic E-state index is 0.00653. The van der Waals surface area contributed by atoms with Crippen molar-refractivity contribution in [3.8, 4) is 11.6 Å². The van der Waals surface area contributed by atoms with E-state index < -0.39 is 0 Å². The van der Waals surface area contributed by atoms with Crippen LogP contribution in [-0.4, -0.2) is 31.5 Å². The molecule has 0 bridgehead atoms. The Morgan fingerprint density at radius 1 is 1.43 bits per heavy atom. The summed E-state index contributed by atoms with van der Waals surface area (Å²) < 4.78 is 7.35. The van der Waals surface area contributed by atoms with Crippen molar-refractivity contribution in [2.24, 2.45) is 0 Å². The van der Waals surface area contributed by atoms with Gasteiger partial charge in [0.2, 0.25) is 5.91 Å². The fourth-order valence-corrected chi connectivity index (χ4v) is 2.90. The molecule has 1 atom stereocenters. The number of hydrogen-bond acceptors (Lipinski definition) is 5. The predicted molar refractivity (Wildman–Crippen MR) is 91.2 cm³/mol. The summed E-state index contributed by atoms with van der Waals surface area (Å²) in [7, 11) is 0. The highest BCUT2D eigenvalue weighted by Crippen LogP contribution is 2.27. The second kappa shape index (κ2) is 7.21. The Morgan fingerprint density at radius 3 is 2.74 bits per heavy atom. The monoisotopic (exact) mass is 336 g/mol. The van der Waals surface area contributed by atoms with Gasteiger partial charge in [0.1, 0.15) is 0 Å². The van der Waals surface area contributed by atoms with E-state index in [0.29, 0.717) is 18.1 Å². The van der Waals surface area contributed by atoms with E-state index in [2.05, 4.69) is 22.4 Å². The second-order valence-electron chi connectivity index (χ2n) is 6.01. The Morgan fingerprint density at radius 2 is 2.17 bits per heavy atom. The van der Waals surface area contributed by atoms with Gasteiger partial charge in [0, 0.05) is 12.1 Å². The number of thioether (sulfide) groups is 1. The number of amides is 1. The molecule has 2 rings (SSSR count). The summed E-state index contributed by atoms with van der Waals surface area (Å²) >= 11 is 1.41. The SMILES string of the molecule is CCn1c(SC(C)C(=O)NC(C)(C)CC)nnc1-c1ccco1. The molecular formula is C16H24N4O2S. The molecule has 2 heterocycles. The third-order valence-electron chi connectivity index (χ3n) is 3.77. The van der Waals surface area contributed by atoms with Gasteiger partial charge in [-0.05, 0) is 46.2 Å². The summed E-state index contributed by atoms with van der Waals surface area (Å²) in [6, 6.07) is 3.67. The van der Waals surface area contributed by atoms with Gasteiger partial charge in [-0.3, -0.25) is 9.36 Å². The summed E-state index contributed by atoms with van der Waals surface area (Å²) in [6.45, 7) is 10.7. The first-order valence-corrected chi connectivity index (χ1v) is 8.71. The molecule has 1 unspecified atom stereocenters. The molecule has 0 spiro atoms. The fraction of sp³-hybridized carbons (Fsp3) is 0.562. The molecule has 0 radical (unpaired) electrons. The molecule has 0 fully saturated rings. The first-order valence-electron chi connectivity index (χ1n) is 7.83. The number of carbonyl (C=O) groups is 1. The molecule has 6 nitrogen and oxygen atoms in total. The van der Waals surface area contributed by atoms with Gasteiger partial charge in [0.25, 0.3) is 0 Å². The normalized spacial score (nSPS) is 13.1. The van der Waals surface area contributed by atoms with Crippen LogP contribution < -0.4 is 5.32 Å². The lowest BCUT2D eigenvalue weighted by atomic mass is 10.0. The number of nitrogens with one attached hydrogen (secondary N) is 1. The maximum Gasteiger partial charge on any atom is 0.233 e. The molecule has 2 aromatic rings. The lowest BCUT2D eigenvalue weighted by Gasteiger charge is -2.26. The highest BCUT2D eigenvalue weighted by atomic mass is 32.2. The van der Waals surface area contributed by atoms with Gasteiger partial charge in [-0.25, -0.2) is 0 Å². The highest BCUT2D eigenvalue weighted by molar-refractivity contribution is 8.00. The molecule has 2 aromatic heterocycles. The Kier molecular flexibility index (Phi) is 5.51. The molecule has 1 N–H and O–H groups in total. The number of furan rings is 1. The Hall–Kier alpha value is -1.76. The summed E-state index contributed by atoms with van der Waals surface area (Å²) in [4.78, 5) is 12.3. The zero-order valence-corrected chi connectivity index (χ0v) is 15.1. The molecule has 23 heavy (non-hydrogen) atoms. The molecule has 0 saturated carbocycles. The van der Waals surface area contributed by atoms with Gasteiger partial charge in [0.05, 0.1) is 11.5 Å². The van der Waals surface area contributed by atoms with E-state index in [4.69, 9.17) is 4.42 Å². The first-order chi connectivity index (χ1) is 10.9. The lowest BCUT2D eigenvalue weighted by molar-refractivity contribution is -0.121. The van der Waals surface area contributed by atoms with Gasteiger partial charge >= 0.3 is 0 Å². The van der Waals surface area contributed by atoms with Crippen LogP contribution in [0.2, 0.25) is 0 Å². The topological polar surface area (TPSA) is 73.0 Å². The van der Waals surface area contributed by atoms with E-state index in [1.807, 2.05) is 44.4 Å². The number of rotatable bonds is 7. The number of aromatic nitrogens is 3. The van der Waals surface area contributed by atoms with Crippen molar-refractivity contribution in [1.82, 2.24) is 20.1 Å². The summed E-state index contributed by atoms with van der Waals surface area (Å²) in [5, 5.41) is 11.9. The lowest BCUT2D eigenvalue weighted by Crippen LogP contribution is -2.46. The molecule has 7 heteroatoms. The maximum atomic E-state index is 12.3. The van der Waals surface area contributed by atoms with Crippen LogP contribution in [0.4, 0.5) is 0 Å². The average Bonchev–Trinajstić information content (AvgIpc) is 3.15. The van der Waals surface area contributed by atoms with Crippen LogP contribution in [0.5, 0.6) is 0 Å². The van der Waals surface area contributed by atoms with Crippen LogP contribution in [0.1, 0.15) is 41.0 Å². The molecule has 0 aliphatic carbocycles. The number of carbonyl (C=O) groups excluding carboxylic acids is 1. The van der Waals surface area contributed by atoms with Crippen LogP contribution in [0.25, 0.3) is 11.6 Å². The van der Waals surface area contributed by atoms with Crippen LogP contribution >= 0.6 is 11.8 Å². The molecule has 0 aliphatic heterocycles. The van der Waals surface area contributed by atoms with E-state index in [1.165, 1.54) is 11.8 Å². The van der Waals surface area contributed by atoms with Gasteiger partial charge < -0.3 is 9.73 Å². The summed E-state index contributed by atoms with van der Waals surface area (Å²) in [5.41, 5.74) is -0.205. The zero-order chi connectivity index (χ0) is 17.0. The van der Waals surface area contributed by atoms with E-state index in [-0.39, 0.29) is 16.7 Å². The summed E-state index contributed by atoms with van der Waals surface area (Å²) in [5.74, 6) is 1.36. The third kappa shape index (κ3) is 4.16. The maximum absolute atomic E-state index is 12.3. The van der Waals surface area contributed by atoms with Gasteiger partial charge in [-0.1, -0.05) is 18.7 Å². The largest absolute Gasteiger partial charge is 0.461 e. The van der Waals surface area contributed by atoms with E-state index in [1.54, 1.807) is 6.26 Å². The van der Waals surface area contributed by atoms with E-state index >= 15 is 0 Å². The van der Waals surface area contributed by atoms with Crippen molar-refractivity contribution in [2.75, 3.05) is 0 Å². The molecule has 0 aliphatic rings. The van der Waals surface area contributed by atoms with Crippen LogP contribution in [-0.2, 0) is 11.3 Å². The van der Waals surface area contributed by atoms with Crippen molar-refractivity contribution in [1.29, 1.82) is 0 Å². The smallest absolute Gasteiger partial charge is 0.233 e. The van der Waals surface area contributed by atoms with Crippen molar-refractivity contribution in [3.63, 3.8) is 0 Å². The fourth-order valence-electron chi connectivity index (χ4n) is 1.98. The average molecular weight is 336 g/mol. The van der Waals surface area contributed by atoms with Crippen LogP contribution in [0.3, 0.4) is 0 Å². The second-order valence-corrected chi connectivity index (χ2v) is 7.32. The van der Waals surface area contributed by atoms with Crippen molar-refractivity contribution >= 4 is 17.7 Å². The standard InChI is InChI=1S/C16H24N4O2S/c1-6-16(4,5)17-14(21)11(3)23-15-19-18-13(20(15)7-2)12-9-8-10-22-12/h8-11H,6-7H2,1-5H3,(H,17,21). The number of nitrogens with zero attached hydrogens (tertiary/aromatic N) is 3. The minimum Gasteiger partial charge on any atom is -0.461 e. The molecule has 0 aromatic carbocycles. The third-order valence-corrected chi connectivity index (χ3v) is 4.85. The molecule has 0 saturated heterocycles. The van der Waals surface area contributed by atoms with Crippen molar-refractivity contribution in [2.45, 2.75) is 63.5 Å². The van der Waals surface area contributed by atoms with Gasteiger partial charge in [-0.15, -0.1) is 10.2 Å². The Balaban J connectivity index is 2.12. The van der Waals surface area contributed by atoms with Gasteiger partial charge in [0.15, 0.2) is 16.7 Å².